The van der Waals surface area contributed by atoms with Gasteiger partial charge in [0.15, 0.2) is 0 Å². The van der Waals surface area contributed by atoms with Crippen LogP contribution in [0.3, 0.4) is 0 Å². The minimum atomic E-state index is 0.611. The molecule has 4 aliphatic rings. The average Bonchev–Trinajstić information content (AvgIpc) is 3.52. The van der Waals surface area contributed by atoms with Gasteiger partial charge >= 0.3 is 0 Å². The van der Waals surface area contributed by atoms with Gasteiger partial charge in [-0.15, -0.1) is 0 Å². The Morgan fingerprint density at radius 1 is 0.429 bits per heavy atom. The Labute approximate surface area is 169 Å². The quantitative estimate of drug-likeness (QED) is 0.540. The number of hydrogen-bond acceptors (Lipinski definition) is 6. The van der Waals surface area contributed by atoms with E-state index in [0.29, 0.717) is 11.1 Å². The molecule has 4 saturated heterocycles. The highest BCUT2D eigenvalue weighted by atomic mass is 15.4. The Balaban J connectivity index is 1.84. The summed E-state index contributed by atoms with van der Waals surface area (Å²) in [5, 5.41) is 20.5. The van der Waals surface area contributed by atoms with Crippen LogP contribution in [0.15, 0.2) is 22.8 Å². The lowest BCUT2D eigenvalue weighted by molar-refractivity contribution is 0.259. The highest BCUT2D eigenvalue weighted by Crippen LogP contribution is 2.32. The summed E-state index contributed by atoms with van der Waals surface area (Å²) >= 11 is 0. The molecule has 4 rings (SSSR count). The molecular weight excluding hydrogens is 348 g/mol. The van der Waals surface area contributed by atoms with E-state index in [9.17, 15) is 10.5 Å². The summed E-state index contributed by atoms with van der Waals surface area (Å²) in [7, 11) is 0. The van der Waals surface area contributed by atoms with Crippen molar-refractivity contribution in [3.05, 3.63) is 22.8 Å². The van der Waals surface area contributed by atoms with Gasteiger partial charge in [-0.3, -0.25) is 0 Å². The van der Waals surface area contributed by atoms with Crippen molar-refractivity contribution in [3.63, 3.8) is 0 Å². The van der Waals surface area contributed by atoms with E-state index in [2.05, 4.69) is 31.7 Å². The first-order valence-corrected chi connectivity index (χ1v) is 11.1. The molecule has 0 radical (unpaired) electrons. The maximum atomic E-state index is 10.3. The van der Waals surface area contributed by atoms with Crippen LogP contribution in [0.25, 0.3) is 0 Å². The summed E-state index contributed by atoms with van der Waals surface area (Å²) in [5.41, 5.74) is 1.22. The van der Waals surface area contributed by atoms with Gasteiger partial charge in [-0.05, 0) is 51.4 Å². The molecule has 0 aromatic carbocycles. The monoisotopic (exact) mass is 380 g/mol. The second-order valence-electron chi connectivity index (χ2n) is 8.40. The van der Waals surface area contributed by atoms with Crippen LogP contribution in [0.1, 0.15) is 51.4 Å². The van der Waals surface area contributed by atoms with Crippen molar-refractivity contribution < 1.29 is 0 Å². The van der Waals surface area contributed by atoms with Gasteiger partial charge in [-0.2, -0.15) is 10.5 Å². The first-order valence-electron chi connectivity index (χ1n) is 11.1. The van der Waals surface area contributed by atoms with Crippen molar-refractivity contribution >= 4 is 0 Å². The zero-order valence-corrected chi connectivity index (χ0v) is 17.0. The highest BCUT2D eigenvalue weighted by molar-refractivity contribution is 5.54. The van der Waals surface area contributed by atoms with Crippen molar-refractivity contribution in [2.24, 2.45) is 0 Å². The lowest BCUT2D eigenvalue weighted by Gasteiger charge is -2.34. The van der Waals surface area contributed by atoms with Crippen LogP contribution in [0, 0.1) is 22.7 Å². The van der Waals surface area contributed by atoms with E-state index < -0.39 is 0 Å². The Morgan fingerprint density at radius 2 is 0.643 bits per heavy atom. The molecule has 6 heteroatoms. The molecule has 0 spiro atoms. The Morgan fingerprint density at radius 3 is 0.821 bits per heavy atom. The lowest BCUT2D eigenvalue weighted by Crippen LogP contribution is -2.36. The zero-order chi connectivity index (χ0) is 19.3. The molecule has 0 saturated carbocycles. The van der Waals surface area contributed by atoms with Gasteiger partial charge in [0, 0.05) is 52.4 Å². The fraction of sp³-hybridized carbons (Fsp3) is 0.727. The van der Waals surface area contributed by atoms with Crippen LogP contribution in [-0.4, -0.2) is 72.0 Å². The van der Waals surface area contributed by atoms with Crippen molar-refractivity contribution in [1.82, 2.24) is 19.6 Å². The number of nitrogens with zero attached hydrogens (tertiary/aromatic N) is 6. The number of hydrogen-bond donors (Lipinski definition) is 0. The highest BCUT2D eigenvalue weighted by Gasteiger charge is 2.32. The molecule has 0 aromatic heterocycles. The fourth-order valence-electron chi connectivity index (χ4n) is 5.18. The first-order chi connectivity index (χ1) is 13.8. The molecule has 0 amide bonds. The molecule has 0 N–H and O–H groups in total. The van der Waals surface area contributed by atoms with Gasteiger partial charge in [0.25, 0.3) is 0 Å². The summed E-state index contributed by atoms with van der Waals surface area (Å²) in [5.74, 6) is 2.06. The van der Waals surface area contributed by atoms with Gasteiger partial charge < -0.3 is 19.6 Å². The summed E-state index contributed by atoms with van der Waals surface area (Å²) in [6.07, 6.45) is 9.39. The molecule has 0 atom stereocenters. The van der Waals surface area contributed by atoms with Gasteiger partial charge in [0.1, 0.15) is 34.9 Å². The molecule has 150 valence electrons. The van der Waals surface area contributed by atoms with Crippen LogP contribution in [0.2, 0.25) is 0 Å². The third-order valence-electron chi connectivity index (χ3n) is 6.54. The van der Waals surface area contributed by atoms with Crippen LogP contribution in [-0.2, 0) is 0 Å². The SMILES string of the molecule is N#CC(C(C#N)=C(N1CCCC1)N1CCCC1)=C(N1CCCC1)N1CCCC1. The van der Waals surface area contributed by atoms with Crippen molar-refractivity contribution in [2.45, 2.75) is 51.4 Å². The number of likely N-dealkylation sites (tertiary alicyclic amines) is 4. The van der Waals surface area contributed by atoms with Gasteiger partial charge in [0.2, 0.25) is 0 Å². The first kappa shape index (κ1) is 19.0. The van der Waals surface area contributed by atoms with E-state index in [1.807, 2.05) is 0 Å². The maximum Gasteiger partial charge on any atom is 0.124 e. The number of allylic oxidation sites excluding steroid dienone is 2. The van der Waals surface area contributed by atoms with E-state index in [1.165, 1.54) is 51.4 Å². The van der Waals surface area contributed by atoms with Crippen molar-refractivity contribution in [2.75, 3.05) is 52.4 Å². The zero-order valence-electron chi connectivity index (χ0n) is 17.0. The maximum absolute atomic E-state index is 10.3. The van der Waals surface area contributed by atoms with Crippen molar-refractivity contribution in [1.29, 1.82) is 10.5 Å². The average molecular weight is 381 g/mol. The smallest absolute Gasteiger partial charge is 0.124 e. The molecule has 0 unspecified atom stereocenters. The lowest BCUT2D eigenvalue weighted by atomic mass is 10.1. The minimum absolute atomic E-state index is 0.611. The number of nitriles is 2. The summed E-state index contributed by atoms with van der Waals surface area (Å²) < 4.78 is 0. The van der Waals surface area contributed by atoms with E-state index in [4.69, 9.17) is 0 Å². The normalized spacial score (nSPS) is 21.8. The van der Waals surface area contributed by atoms with Crippen LogP contribution in [0.4, 0.5) is 0 Å². The van der Waals surface area contributed by atoms with Gasteiger partial charge in [-0.1, -0.05) is 0 Å². The third kappa shape index (κ3) is 3.65. The van der Waals surface area contributed by atoms with E-state index in [-0.39, 0.29) is 0 Å². The van der Waals surface area contributed by atoms with Gasteiger partial charge in [0.05, 0.1) is 0 Å². The Bertz CT molecular complexity index is 602. The standard InChI is InChI=1S/C22H32N6/c23-17-19(21(25-9-1-2-10-25)26-11-3-4-12-26)20(18-24)22(27-13-5-6-14-27)28-15-7-8-16-28/h1-16H2. The predicted molar refractivity (Wildman–Crippen MR) is 109 cm³/mol. The summed E-state index contributed by atoms with van der Waals surface area (Å²) in [4.78, 5) is 9.47. The van der Waals surface area contributed by atoms with Crippen LogP contribution in [0.5, 0.6) is 0 Å². The minimum Gasteiger partial charge on any atom is -0.357 e. The Hall–Kier alpha value is -2.34. The van der Waals surface area contributed by atoms with E-state index in [0.717, 1.165) is 64.0 Å². The molecule has 6 nitrogen and oxygen atoms in total. The second kappa shape index (κ2) is 8.78. The molecule has 4 heterocycles. The number of rotatable bonds is 5. The molecule has 28 heavy (non-hydrogen) atoms. The third-order valence-corrected chi connectivity index (χ3v) is 6.54. The van der Waals surface area contributed by atoms with Crippen LogP contribution >= 0.6 is 0 Å². The van der Waals surface area contributed by atoms with E-state index in [1.54, 1.807) is 0 Å². The molecule has 0 aliphatic carbocycles. The summed E-state index contributed by atoms with van der Waals surface area (Å²) in [6.45, 7) is 7.99. The Kier molecular flexibility index (Phi) is 5.95. The molecular formula is C22H32N6. The van der Waals surface area contributed by atoms with Crippen LogP contribution < -0.4 is 0 Å². The van der Waals surface area contributed by atoms with Crippen molar-refractivity contribution in [3.8, 4) is 12.1 Å². The largest absolute Gasteiger partial charge is 0.357 e. The van der Waals surface area contributed by atoms with Gasteiger partial charge in [-0.25, -0.2) is 0 Å². The molecule has 4 aliphatic heterocycles. The fourth-order valence-corrected chi connectivity index (χ4v) is 5.18. The topological polar surface area (TPSA) is 60.5 Å². The summed E-state index contributed by atoms with van der Waals surface area (Å²) in [6, 6.07) is 4.99. The van der Waals surface area contributed by atoms with E-state index >= 15 is 0 Å². The predicted octanol–water partition coefficient (Wildman–Crippen LogP) is 2.84. The molecule has 0 bridgehead atoms. The molecule has 0 aromatic rings. The molecule has 4 fully saturated rings. The second-order valence-corrected chi connectivity index (χ2v) is 8.40.